The summed E-state index contributed by atoms with van der Waals surface area (Å²) in [5, 5.41) is 8.93. The van der Waals surface area contributed by atoms with Crippen LogP contribution in [0.4, 0.5) is 0 Å². The molecule has 0 aliphatic heterocycles. The summed E-state index contributed by atoms with van der Waals surface area (Å²) in [4.78, 5) is 0. The molecule has 1 rings (SSSR count). The Hall–Kier alpha value is -0.643. The van der Waals surface area contributed by atoms with Gasteiger partial charge in [-0.15, -0.1) is 22.2 Å². The lowest BCUT2D eigenvalue weighted by Crippen LogP contribution is -1.78. The Morgan fingerprint density at radius 3 is 2.54 bits per heavy atom. The summed E-state index contributed by atoms with van der Waals surface area (Å²) >= 11 is 9.58. The maximum Gasteiger partial charge on any atom is 0.295 e. The number of hydrogen-bond acceptors (Lipinski definition) is 2. The minimum absolute atomic E-state index is 0.0278. The van der Waals surface area contributed by atoms with E-state index in [1.54, 1.807) is 18.2 Å². The van der Waals surface area contributed by atoms with Crippen LogP contribution in [0.1, 0.15) is 0 Å². The van der Waals surface area contributed by atoms with Gasteiger partial charge in [0, 0.05) is 6.07 Å². The predicted molar refractivity (Wildman–Crippen MR) is 56.4 cm³/mol. The van der Waals surface area contributed by atoms with Crippen LogP contribution in [0.25, 0.3) is 0 Å². The number of ether oxygens (including phenoxy) is 1. The van der Waals surface area contributed by atoms with Gasteiger partial charge in [-0.2, -0.15) is 0 Å². The minimum Gasteiger partial charge on any atom is -0.508 e. The largest absolute Gasteiger partial charge is 0.508 e. The molecule has 0 fully saturated rings. The third-order valence-corrected chi connectivity index (χ3v) is 1.04. The molecule has 0 spiro atoms. The van der Waals surface area contributed by atoms with Crippen LogP contribution in [0.15, 0.2) is 37.1 Å². The smallest absolute Gasteiger partial charge is 0.295 e. The van der Waals surface area contributed by atoms with Gasteiger partial charge in [-0.05, 0) is 12.1 Å². The number of phenolic OH excluding ortho intramolecular Hbond substituents is 1. The molecule has 2 nitrogen and oxygen atoms in total. The summed E-state index contributed by atoms with van der Waals surface area (Å²) in [6.45, 7) is 3.38. The van der Waals surface area contributed by atoms with Crippen molar-refractivity contribution in [1.82, 2.24) is 0 Å². The van der Waals surface area contributed by atoms with E-state index in [9.17, 15) is 0 Å². The van der Waals surface area contributed by atoms with Crippen molar-refractivity contribution >= 4 is 30.3 Å². The van der Waals surface area contributed by atoms with E-state index < -0.39 is 0 Å². The quantitative estimate of drug-likeness (QED) is 0.485. The molecule has 5 heteroatoms. The van der Waals surface area contributed by atoms with Gasteiger partial charge in [-0.1, -0.05) is 12.6 Å². The van der Waals surface area contributed by atoms with Gasteiger partial charge in [0.05, 0.1) is 6.26 Å². The SMILES string of the molecule is C=COc1cccc(O)c1.Cl[Si]Cl. The molecule has 13 heavy (non-hydrogen) atoms. The molecule has 1 aromatic carbocycles. The van der Waals surface area contributed by atoms with Gasteiger partial charge < -0.3 is 9.84 Å². The second-order valence-corrected chi connectivity index (χ2v) is 3.71. The molecule has 1 N–H and O–H groups in total. The van der Waals surface area contributed by atoms with Gasteiger partial charge in [0.25, 0.3) is 8.14 Å². The third kappa shape index (κ3) is 6.51. The van der Waals surface area contributed by atoms with E-state index in [0.717, 1.165) is 0 Å². The zero-order chi connectivity index (χ0) is 10.1. The highest BCUT2D eigenvalue weighted by Gasteiger charge is 1.90. The molecule has 0 aromatic heterocycles. The van der Waals surface area contributed by atoms with Crippen LogP contribution < -0.4 is 4.74 Å². The van der Waals surface area contributed by atoms with Crippen LogP contribution in [-0.2, 0) is 0 Å². The van der Waals surface area contributed by atoms with Crippen molar-refractivity contribution in [2.75, 3.05) is 0 Å². The van der Waals surface area contributed by atoms with Crippen molar-refractivity contribution in [3.8, 4) is 11.5 Å². The zero-order valence-corrected chi connectivity index (χ0v) is 9.22. The second-order valence-electron chi connectivity index (χ2n) is 1.85. The first-order valence-electron chi connectivity index (χ1n) is 3.27. The monoisotopic (exact) mass is 234 g/mol. The molecule has 70 valence electrons. The Morgan fingerprint density at radius 1 is 1.46 bits per heavy atom. The number of benzene rings is 1. The molecule has 0 atom stereocenters. The van der Waals surface area contributed by atoms with Crippen LogP contribution in [0.5, 0.6) is 11.5 Å². The molecule has 0 aliphatic rings. The van der Waals surface area contributed by atoms with Crippen molar-refractivity contribution in [3.05, 3.63) is 37.1 Å². The first kappa shape index (κ1) is 12.4. The van der Waals surface area contributed by atoms with E-state index in [0.29, 0.717) is 5.75 Å². The third-order valence-electron chi connectivity index (χ3n) is 1.04. The molecule has 0 bridgehead atoms. The molecular formula is C8H8Cl2O2Si. The average molecular weight is 235 g/mol. The highest BCUT2D eigenvalue weighted by Crippen LogP contribution is 2.17. The van der Waals surface area contributed by atoms with Crippen LogP contribution in [-0.4, -0.2) is 13.2 Å². The molecule has 2 radical (unpaired) electrons. The highest BCUT2D eigenvalue weighted by molar-refractivity contribution is 7.22. The first-order valence-corrected chi connectivity index (χ1v) is 6.29. The number of rotatable bonds is 2. The highest BCUT2D eigenvalue weighted by atomic mass is 35.7. The minimum atomic E-state index is 0.0278. The van der Waals surface area contributed by atoms with Crippen molar-refractivity contribution in [2.45, 2.75) is 0 Å². The summed E-state index contributed by atoms with van der Waals surface area (Å²) in [5.41, 5.74) is 0. The van der Waals surface area contributed by atoms with E-state index >= 15 is 0 Å². The van der Waals surface area contributed by atoms with Gasteiger partial charge in [-0.3, -0.25) is 0 Å². The molecule has 0 saturated carbocycles. The average Bonchev–Trinajstić information content (AvgIpc) is 2.06. The summed E-state index contributed by atoms with van der Waals surface area (Å²) < 4.78 is 4.89. The molecule has 0 aliphatic carbocycles. The van der Waals surface area contributed by atoms with Gasteiger partial charge in [0.15, 0.2) is 0 Å². The standard InChI is InChI=1S/C8H8O2.Cl2Si/c1-2-10-8-5-3-4-7(9)6-8;1-3-2/h2-6,9H,1H2;. The maximum atomic E-state index is 8.93. The second kappa shape index (κ2) is 7.98. The predicted octanol–water partition coefficient (Wildman–Crippen LogP) is 2.91. The van der Waals surface area contributed by atoms with Gasteiger partial charge in [0.2, 0.25) is 0 Å². The fourth-order valence-corrected chi connectivity index (χ4v) is 0.653. The summed E-state index contributed by atoms with van der Waals surface area (Å²) in [6, 6.07) is 6.53. The fraction of sp³-hybridized carbons (Fsp3) is 0. The normalized spacial score (nSPS) is 8.15. The Bertz CT molecular complexity index is 256. The Labute approximate surface area is 89.0 Å². The molecule has 0 heterocycles. The van der Waals surface area contributed by atoms with Crippen LogP contribution >= 0.6 is 22.2 Å². The number of phenols is 1. The first-order chi connectivity index (χ1) is 6.24. The maximum absolute atomic E-state index is 8.93. The molecule has 1 aromatic rings. The number of hydrogen-bond donors (Lipinski definition) is 1. The molecule has 0 amide bonds. The van der Waals surface area contributed by atoms with Crippen LogP contribution in [0.3, 0.4) is 0 Å². The Morgan fingerprint density at radius 2 is 2.08 bits per heavy atom. The van der Waals surface area contributed by atoms with Crippen molar-refractivity contribution in [2.24, 2.45) is 0 Å². The van der Waals surface area contributed by atoms with Gasteiger partial charge in [0.1, 0.15) is 11.5 Å². The van der Waals surface area contributed by atoms with Gasteiger partial charge >= 0.3 is 0 Å². The van der Waals surface area contributed by atoms with Crippen LogP contribution in [0.2, 0.25) is 0 Å². The van der Waals surface area contributed by atoms with E-state index in [1.807, 2.05) is 0 Å². The lowest BCUT2D eigenvalue weighted by atomic mass is 10.3. The van der Waals surface area contributed by atoms with Crippen molar-refractivity contribution < 1.29 is 9.84 Å². The van der Waals surface area contributed by atoms with Gasteiger partial charge in [-0.25, -0.2) is 0 Å². The summed E-state index contributed by atoms with van der Waals surface area (Å²) in [5.74, 6) is 0.786. The lowest BCUT2D eigenvalue weighted by Gasteiger charge is -1.97. The van der Waals surface area contributed by atoms with E-state index in [-0.39, 0.29) is 13.9 Å². The number of halogens is 2. The Balaban J connectivity index is 0.000000424. The van der Waals surface area contributed by atoms with Crippen molar-refractivity contribution in [1.29, 1.82) is 0 Å². The number of aromatic hydroxyl groups is 1. The zero-order valence-electron chi connectivity index (χ0n) is 6.71. The fourth-order valence-electron chi connectivity index (χ4n) is 0.653. The molecule has 0 saturated heterocycles. The van der Waals surface area contributed by atoms with E-state index in [1.165, 1.54) is 12.3 Å². The lowest BCUT2D eigenvalue weighted by molar-refractivity contribution is 0.455. The Kier molecular flexibility index (Phi) is 7.58. The molecular weight excluding hydrogens is 227 g/mol. The van der Waals surface area contributed by atoms with E-state index in [4.69, 9.17) is 32.0 Å². The summed E-state index contributed by atoms with van der Waals surface area (Å²) in [6.07, 6.45) is 1.31. The van der Waals surface area contributed by atoms with E-state index in [2.05, 4.69) is 6.58 Å². The summed E-state index contributed by atoms with van der Waals surface area (Å²) in [7, 11) is 0.0278. The van der Waals surface area contributed by atoms with Crippen molar-refractivity contribution in [3.63, 3.8) is 0 Å². The topological polar surface area (TPSA) is 29.5 Å². The van der Waals surface area contributed by atoms with Crippen LogP contribution in [0, 0.1) is 0 Å². The molecule has 0 unspecified atom stereocenters.